The molecule has 0 saturated heterocycles. The van der Waals surface area contributed by atoms with Crippen LogP contribution in [0.25, 0.3) is 0 Å². The topological polar surface area (TPSA) is 166 Å². The van der Waals surface area contributed by atoms with Crippen molar-refractivity contribution in [2.24, 2.45) is 5.41 Å². The van der Waals surface area contributed by atoms with Gasteiger partial charge in [-0.25, -0.2) is 0 Å². The average Bonchev–Trinajstić information content (AvgIpc) is 3.33. The first-order valence-corrected chi connectivity index (χ1v) is 29.5. The number of nitrogens with one attached hydrogen (secondary N) is 1. The summed E-state index contributed by atoms with van der Waals surface area (Å²) in [7, 11) is 0. The first-order valence-electron chi connectivity index (χ1n) is 29.5. The quantitative estimate of drug-likeness (QED) is 0.0468. The van der Waals surface area contributed by atoms with E-state index >= 15 is 0 Å². The van der Waals surface area contributed by atoms with Crippen molar-refractivity contribution < 1.29 is 75.8 Å². The molecule has 19 heteroatoms. The van der Waals surface area contributed by atoms with Crippen molar-refractivity contribution in [2.75, 3.05) is 224 Å². The van der Waals surface area contributed by atoms with Crippen LogP contribution in [0.5, 0.6) is 0 Å². The van der Waals surface area contributed by atoms with E-state index in [0.717, 1.165) is 45.4 Å². The van der Waals surface area contributed by atoms with E-state index in [1.54, 1.807) is 0 Å². The van der Waals surface area contributed by atoms with Gasteiger partial charge in [-0.3, -0.25) is 15.1 Å². The van der Waals surface area contributed by atoms with Crippen molar-refractivity contribution in [3.05, 3.63) is 0 Å². The normalized spacial score (nSPS) is 13.3. The minimum atomic E-state index is -0.330. The molecule has 0 saturated carbocycles. The number of rotatable bonds is 57. The standard InChI is InChI=1S/C59H123N3O16/c1-54(2,3)61(21-28-68-36-39-70-40-41-71-42-43-72-44-45-75-48-51-78-57(10,11)12)52-58(13,14)53-62(22-29-69-35-31-65-25-19-26-66-33-38-74-47-50-77-56(7,8)9)59(15,16)60-20-27-67-34-30-63-23-17-18-24-64-32-37-73-46-49-76-55(4,5)6/h60H,17-53H2,1-16H3. The highest BCUT2D eigenvalue weighted by Crippen LogP contribution is 2.27. The van der Waals surface area contributed by atoms with Crippen molar-refractivity contribution in [3.8, 4) is 0 Å². The van der Waals surface area contributed by atoms with Crippen LogP contribution in [0.2, 0.25) is 0 Å². The Morgan fingerprint density at radius 2 is 0.500 bits per heavy atom. The summed E-state index contributed by atoms with van der Waals surface area (Å²) in [6, 6.07) is 0. The van der Waals surface area contributed by atoms with Crippen LogP contribution < -0.4 is 5.32 Å². The van der Waals surface area contributed by atoms with Crippen LogP contribution in [0, 0.1) is 5.41 Å². The van der Waals surface area contributed by atoms with Gasteiger partial charge >= 0.3 is 0 Å². The molecule has 0 aliphatic rings. The first-order chi connectivity index (χ1) is 36.8. The van der Waals surface area contributed by atoms with Gasteiger partial charge in [0.2, 0.25) is 0 Å². The van der Waals surface area contributed by atoms with Gasteiger partial charge in [-0.15, -0.1) is 0 Å². The molecule has 78 heavy (non-hydrogen) atoms. The minimum absolute atomic E-state index is 0.0522. The third-order valence-electron chi connectivity index (χ3n) is 11.5. The molecule has 0 radical (unpaired) electrons. The Morgan fingerprint density at radius 3 is 0.808 bits per heavy atom. The summed E-state index contributed by atoms with van der Waals surface area (Å²) in [4.78, 5) is 5.03. The summed E-state index contributed by atoms with van der Waals surface area (Å²) in [5.41, 5.74) is -0.889. The van der Waals surface area contributed by atoms with Crippen LogP contribution in [-0.4, -0.2) is 262 Å². The van der Waals surface area contributed by atoms with Crippen LogP contribution in [0.1, 0.15) is 130 Å². The Morgan fingerprint density at radius 1 is 0.256 bits per heavy atom. The average molecular weight is 1130 g/mol. The van der Waals surface area contributed by atoms with E-state index in [9.17, 15) is 0 Å². The van der Waals surface area contributed by atoms with E-state index < -0.39 is 0 Å². The van der Waals surface area contributed by atoms with Crippen LogP contribution >= 0.6 is 0 Å². The summed E-state index contributed by atoms with van der Waals surface area (Å²) in [6.45, 7) is 54.9. The lowest BCUT2D eigenvalue weighted by atomic mass is 9.88. The van der Waals surface area contributed by atoms with E-state index in [2.05, 4.69) is 63.6 Å². The van der Waals surface area contributed by atoms with Crippen LogP contribution in [-0.2, 0) is 75.8 Å². The van der Waals surface area contributed by atoms with Crippen LogP contribution in [0.3, 0.4) is 0 Å². The SMILES string of the molecule is CC(C)(CN(CCOCCOCCOCCOCCOCCOC(C)(C)C)C(C)(C)C)CN(CCOCCOCCCOCCOCCOC(C)(C)C)C(C)(C)NCCOCCOCCCCOCCOCCOC(C)(C)C. The molecule has 0 aromatic heterocycles. The monoisotopic (exact) mass is 1130 g/mol. The Labute approximate surface area is 477 Å². The molecule has 0 bridgehead atoms. The third-order valence-corrected chi connectivity index (χ3v) is 11.5. The second-order valence-electron chi connectivity index (χ2n) is 24.6. The maximum absolute atomic E-state index is 6.16. The van der Waals surface area contributed by atoms with Gasteiger partial charge in [0.25, 0.3) is 0 Å². The molecule has 0 aliphatic carbocycles. The second-order valence-corrected chi connectivity index (χ2v) is 24.6. The molecule has 0 amide bonds. The molecule has 470 valence electrons. The lowest BCUT2D eigenvalue weighted by molar-refractivity contribution is -0.0466. The largest absolute Gasteiger partial charge is 0.379 e. The Kier molecular flexibility index (Phi) is 47.1. The van der Waals surface area contributed by atoms with Crippen LogP contribution in [0.15, 0.2) is 0 Å². The zero-order valence-electron chi connectivity index (χ0n) is 53.1. The van der Waals surface area contributed by atoms with Gasteiger partial charge in [0.1, 0.15) is 0 Å². The molecule has 1 N–H and O–H groups in total. The Balaban J connectivity index is 4.78. The zero-order chi connectivity index (χ0) is 58.3. The molecule has 0 rings (SSSR count). The molecule has 0 fully saturated rings. The highest BCUT2D eigenvalue weighted by atomic mass is 16.6. The van der Waals surface area contributed by atoms with E-state index in [-0.39, 0.29) is 33.4 Å². The zero-order valence-corrected chi connectivity index (χ0v) is 53.1. The van der Waals surface area contributed by atoms with Gasteiger partial charge in [-0.05, 0) is 122 Å². The number of hydrogen-bond acceptors (Lipinski definition) is 19. The predicted octanol–water partition coefficient (Wildman–Crippen LogP) is 7.57. The predicted molar refractivity (Wildman–Crippen MR) is 310 cm³/mol. The van der Waals surface area contributed by atoms with Gasteiger partial charge in [0.15, 0.2) is 0 Å². The Bertz CT molecular complexity index is 1290. The number of hydrogen-bond donors (Lipinski definition) is 1. The maximum atomic E-state index is 6.16. The van der Waals surface area contributed by atoms with Crippen molar-refractivity contribution in [1.29, 1.82) is 0 Å². The maximum Gasteiger partial charge on any atom is 0.0707 e. The fourth-order valence-corrected chi connectivity index (χ4v) is 7.34. The lowest BCUT2D eigenvalue weighted by Crippen LogP contribution is -2.60. The molecule has 0 atom stereocenters. The first kappa shape index (κ1) is 77.2. The summed E-state index contributed by atoms with van der Waals surface area (Å²) < 4.78 is 92.0. The van der Waals surface area contributed by atoms with Crippen molar-refractivity contribution in [3.63, 3.8) is 0 Å². The third kappa shape index (κ3) is 55.8. The molecule has 19 nitrogen and oxygen atoms in total. The van der Waals surface area contributed by atoms with E-state index in [1.165, 1.54) is 0 Å². The van der Waals surface area contributed by atoms with Gasteiger partial charge in [-0.1, -0.05) is 13.8 Å². The summed E-state index contributed by atoms with van der Waals surface area (Å²) in [6.07, 6.45) is 2.71. The highest BCUT2D eigenvalue weighted by molar-refractivity contribution is 4.88. The van der Waals surface area contributed by atoms with E-state index in [4.69, 9.17) is 75.8 Å². The molecule has 0 spiro atoms. The van der Waals surface area contributed by atoms with Crippen LogP contribution in [0.4, 0.5) is 0 Å². The molecule has 0 heterocycles. The van der Waals surface area contributed by atoms with E-state index in [1.807, 2.05) is 62.3 Å². The fraction of sp³-hybridized carbons (Fsp3) is 1.00. The summed E-state index contributed by atoms with van der Waals surface area (Å²) in [5.74, 6) is 0. The molecule has 0 aromatic carbocycles. The smallest absolute Gasteiger partial charge is 0.0707 e. The number of unbranched alkanes of at least 4 members (excludes halogenated alkanes) is 1. The van der Waals surface area contributed by atoms with Crippen molar-refractivity contribution in [2.45, 2.75) is 158 Å². The second kappa shape index (κ2) is 47.6. The van der Waals surface area contributed by atoms with Crippen molar-refractivity contribution >= 4 is 0 Å². The molecule has 0 aromatic rings. The summed E-state index contributed by atoms with van der Waals surface area (Å²) in [5, 5.41) is 3.78. The molecular weight excluding hydrogens is 1010 g/mol. The van der Waals surface area contributed by atoms with Gasteiger partial charge in [-0.2, -0.15) is 0 Å². The summed E-state index contributed by atoms with van der Waals surface area (Å²) >= 11 is 0. The lowest BCUT2D eigenvalue weighted by Gasteiger charge is -2.46. The van der Waals surface area contributed by atoms with E-state index in [0.29, 0.717) is 198 Å². The highest BCUT2D eigenvalue weighted by Gasteiger charge is 2.34. The molecule has 0 unspecified atom stereocenters. The molecule has 0 aliphatic heterocycles. The number of ether oxygens (including phenoxy) is 16. The molecular formula is C59H123N3O16. The van der Waals surface area contributed by atoms with Crippen molar-refractivity contribution in [1.82, 2.24) is 15.1 Å². The van der Waals surface area contributed by atoms with Gasteiger partial charge in [0, 0.05) is 64.7 Å². The fourth-order valence-electron chi connectivity index (χ4n) is 7.34. The number of nitrogens with zero attached hydrogens (tertiary/aromatic N) is 2. The van der Waals surface area contributed by atoms with Gasteiger partial charge < -0.3 is 75.8 Å². The van der Waals surface area contributed by atoms with Gasteiger partial charge in [0.05, 0.1) is 188 Å². The Hall–Kier alpha value is -0.760. The minimum Gasteiger partial charge on any atom is -0.379 e.